The molecule has 1 atom stereocenters. The Bertz CT molecular complexity index is 926. The molecule has 2 saturated carbocycles. The molecule has 2 aliphatic carbocycles. The molecule has 2 aromatic rings. The average Bonchev–Trinajstić information content (AvgIpc) is 2.82. The molecule has 3 fully saturated rings. The Kier molecular flexibility index (Phi) is 6.70. The van der Waals surface area contributed by atoms with Gasteiger partial charge in [-0.25, -0.2) is 9.97 Å². The minimum atomic E-state index is 0.384. The largest absolute Gasteiger partial charge is 0.374 e. The second kappa shape index (κ2) is 10.0. The van der Waals surface area contributed by atoms with Crippen molar-refractivity contribution in [3.05, 3.63) is 47.7 Å². The highest BCUT2D eigenvalue weighted by molar-refractivity contribution is 5.61. The van der Waals surface area contributed by atoms with Gasteiger partial charge in [0.1, 0.15) is 11.6 Å². The summed E-state index contributed by atoms with van der Waals surface area (Å²) in [6, 6.07) is 6.76. The van der Waals surface area contributed by atoms with Crippen LogP contribution in [0.1, 0.15) is 89.3 Å². The summed E-state index contributed by atoms with van der Waals surface area (Å²) in [6.45, 7) is 4.54. The van der Waals surface area contributed by atoms with Crippen molar-refractivity contribution >= 4 is 5.82 Å². The first kappa shape index (κ1) is 21.4. The van der Waals surface area contributed by atoms with Crippen molar-refractivity contribution in [1.82, 2.24) is 19.9 Å². The van der Waals surface area contributed by atoms with E-state index < -0.39 is 0 Å². The lowest BCUT2D eigenvalue weighted by Crippen LogP contribution is -2.35. The van der Waals surface area contributed by atoms with E-state index in [1.165, 1.54) is 70.8 Å². The monoisotopic (exact) mass is 431 g/mol. The topological polar surface area (TPSA) is 53.9 Å². The number of hydrogen-bond acceptors (Lipinski definition) is 5. The Morgan fingerprint density at radius 3 is 2.66 bits per heavy atom. The van der Waals surface area contributed by atoms with Gasteiger partial charge in [-0.1, -0.05) is 31.8 Å². The van der Waals surface area contributed by atoms with Crippen LogP contribution in [0.5, 0.6) is 0 Å². The molecular weight excluding hydrogens is 394 g/mol. The van der Waals surface area contributed by atoms with Crippen molar-refractivity contribution in [3.63, 3.8) is 0 Å². The summed E-state index contributed by atoms with van der Waals surface area (Å²) < 4.78 is 0. The number of nitrogens with one attached hydrogen (secondary N) is 1. The van der Waals surface area contributed by atoms with E-state index in [1.54, 1.807) is 11.3 Å². The van der Waals surface area contributed by atoms with Crippen LogP contribution in [0, 0.1) is 0 Å². The highest BCUT2D eigenvalue weighted by Gasteiger charge is 2.28. The van der Waals surface area contributed by atoms with E-state index >= 15 is 0 Å². The number of aromatic nitrogens is 3. The molecule has 0 amide bonds. The summed E-state index contributed by atoms with van der Waals surface area (Å²) in [6.07, 6.45) is 17.7. The van der Waals surface area contributed by atoms with Crippen LogP contribution in [0.15, 0.2) is 41.9 Å². The molecule has 0 bridgehead atoms. The summed E-state index contributed by atoms with van der Waals surface area (Å²) >= 11 is 0. The summed E-state index contributed by atoms with van der Waals surface area (Å²) in [4.78, 5) is 17.2. The highest BCUT2D eigenvalue weighted by Crippen LogP contribution is 2.36. The van der Waals surface area contributed by atoms with Crippen molar-refractivity contribution in [2.24, 2.45) is 0 Å². The Morgan fingerprint density at radius 1 is 1.06 bits per heavy atom. The lowest BCUT2D eigenvalue weighted by atomic mass is 9.87. The zero-order valence-corrected chi connectivity index (χ0v) is 19.5. The fourth-order valence-electron chi connectivity index (χ4n) is 5.61. The van der Waals surface area contributed by atoms with Gasteiger partial charge in [0.15, 0.2) is 0 Å². The molecule has 5 heteroatoms. The summed E-state index contributed by atoms with van der Waals surface area (Å²) in [5.41, 5.74) is 5.36. The number of likely N-dealkylation sites (tertiary alicyclic amines) is 1. The molecule has 1 saturated heterocycles. The van der Waals surface area contributed by atoms with E-state index in [2.05, 4.69) is 34.3 Å². The molecule has 170 valence electrons. The van der Waals surface area contributed by atoms with Crippen LogP contribution in [-0.4, -0.2) is 39.0 Å². The second-order valence-electron chi connectivity index (χ2n) is 9.76. The number of anilines is 1. The zero-order valence-electron chi connectivity index (χ0n) is 19.5. The number of rotatable bonds is 6. The van der Waals surface area contributed by atoms with E-state index in [0.717, 1.165) is 35.9 Å². The maximum atomic E-state index is 5.09. The van der Waals surface area contributed by atoms with Crippen LogP contribution in [0.3, 0.4) is 0 Å². The van der Waals surface area contributed by atoms with Gasteiger partial charge < -0.3 is 10.2 Å². The fourth-order valence-corrected chi connectivity index (χ4v) is 5.61. The molecule has 0 aromatic carbocycles. The van der Waals surface area contributed by atoms with Crippen molar-refractivity contribution in [2.45, 2.75) is 89.5 Å². The molecule has 5 rings (SSSR count). The molecule has 1 N–H and O–H groups in total. The predicted octanol–water partition coefficient (Wildman–Crippen LogP) is 6.31. The van der Waals surface area contributed by atoms with Gasteiger partial charge in [0.25, 0.3) is 0 Å². The number of hydrogen-bond donors (Lipinski definition) is 1. The first-order valence-electron chi connectivity index (χ1n) is 12.8. The minimum absolute atomic E-state index is 0.384. The molecule has 2 aromatic heterocycles. The van der Waals surface area contributed by atoms with Crippen molar-refractivity contribution in [2.75, 3.05) is 18.4 Å². The van der Waals surface area contributed by atoms with Gasteiger partial charge in [-0.3, -0.25) is 4.98 Å². The average molecular weight is 432 g/mol. The lowest BCUT2D eigenvalue weighted by Gasteiger charge is -2.38. The van der Waals surface area contributed by atoms with Crippen LogP contribution < -0.4 is 5.32 Å². The third kappa shape index (κ3) is 4.82. The first-order chi connectivity index (χ1) is 15.8. The third-order valence-corrected chi connectivity index (χ3v) is 7.53. The highest BCUT2D eigenvalue weighted by atomic mass is 15.2. The third-order valence-electron chi connectivity index (χ3n) is 7.53. The molecule has 32 heavy (non-hydrogen) atoms. The zero-order chi connectivity index (χ0) is 21.8. The Labute approximate surface area is 192 Å². The maximum Gasteiger partial charge on any atom is 0.136 e. The summed E-state index contributed by atoms with van der Waals surface area (Å²) in [7, 11) is 0. The maximum absolute atomic E-state index is 5.09. The Morgan fingerprint density at radius 2 is 1.94 bits per heavy atom. The quantitative estimate of drug-likeness (QED) is 0.581. The lowest BCUT2D eigenvalue weighted by molar-refractivity contribution is 0.242. The van der Waals surface area contributed by atoms with E-state index in [1.807, 2.05) is 18.5 Å². The summed E-state index contributed by atoms with van der Waals surface area (Å²) in [5.74, 6) is 2.38. The van der Waals surface area contributed by atoms with Gasteiger partial charge in [-0.15, -0.1) is 0 Å². The van der Waals surface area contributed by atoms with Gasteiger partial charge in [0, 0.05) is 54.8 Å². The minimum Gasteiger partial charge on any atom is -0.374 e. The van der Waals surface area contributed by atoms with Gasteiger partial charge in [-0.05, 0) is 63.5 Å². The van der Waals surface area contributed by atoms with Crippen molar-refractivity contribution in [1.29, 1.82) is 0 Å². The molecule has 1 aliphatic heterocycles. The van der Waals surface area contributed by atoms with Crippen LogP contribution in [0.25, 0.3) is 11.3 Å². The number of piperidine rings is 1. The standard InChI is InChI=1S/C27H37N5/c1-2-25(20-9-6-10-20)32-16-8-12-22(19-32)27-30-24(21-11-7-15-28-18-21)17-26(31-27)29-23-13-4-3-5-14-23/h7,11,15,17-18,22-23H,2-6,8-10,12-14,16,19H2,1H3,(H,29,30,31). The first-order valence-corrected chi connectivity index (χ1v) is 12.8. The second-order valence-corrected chi connectivity index (χ2v) is 9.76. The molecule has 5 nitrogen and oxygen atoms in total. The predicted molar refractivity (Wildman–Crippen MR) is 130 cm³/mol. The van der Waals surface area contributed by atoms with E-state index in [4.69, 9.17) is 9.97 Å². The van der Waals surface area contributed by atoms with E-state index in [-0.39, 0.29) is 0 Å². The van der Waals surface area contributed by atoms with E-state index in [0.29, 0.717) is 12.0 Å². The van der Waals surface area contributed by atoms with Crippen LogP contribution in [-0.2, 0) is 0 Å². The van der Waals surface area contributed by atoms with Crippen molar-refractivity contribution in [3.8, 4) is 11.3 Å². The van der Waals surface area contributed by atoms with Crippen LogP contribution >= 0.6 is 0 Å². The molecule has 3 heterocycles. The number of nitrogens with zero attached hydrogens (tertiary/aromatic N) is 4. The van der Waals surface area contributed by atoms with Crippen LogP contribution in [0.2, 0.25) is 0 Å². The van der Waals surface area contributed by atoms with E-state index in [9.17, 15) is 0 Å². The van der Waals surface area contributed by atoms with Gasteiger partial charge in [-0.2, -0.15) is 0 Å². The Hall–Kier alpha value is -2.43. The van der Waals surface area contributed by atoms with Crippen LogP contribution in [0.4, 0.5) is 5.82 Å². The SMILES string of the molecule is CCC(=C1CCC1)N1CCCC(c2nc(NC3CCCCC3)cc(-c3cccnc3)n2)C1. The Balaban J connectivity index is 1.43. The van der Waals surface area contributed by atoms with Gasteiger partial charge in [0.2, 0.25) is 0 Å². The fraction of sp³-hybridized carbons (Fsp3) is 0.593. The van der Waals surface area contributed by atoms with Crippen molar-refractivity contribution < 1.29 is 0 Å². The number of pyridine rings is 1. The molecule has 0 radical (unpaired) electrons. The smallest absolute Gasteiger partial charge is 0.136 e. The van der Waals surface area contributed by atoms with Gasteiger partial charge in [0.05, 0.1) is 5.69 Å². The molecule has 0 spiro atoms. The summed E-state index contributed by atoms with van der Waals surface area (Å²) in [5, 5.41) is 3.76. The molecular formula is C27H37N5. The molecule has 3 aliphatic rings. The number of allylic oxidation sites excluding steroid dienone is 2. The van der Waals surface area contributed by atoms with Gasteiger partial charge >= 0.3 is 0 Å². The normalized spacial score (nSPS) is 21.8. The molecule has 1 unspecified atom stereocenters.